The Morgan fingerprint density at radius 3 is 2.41 bits per heavy atom. The van der Waals surface area contributed by atoms with Gasteiger partial charge in [-0.05, 0) is 29.5 Å². The number of carbonyl (C=O) groups is 2. The zero-order chi connectivity index (χ0) is 27.8. The Labute approximate surface area is 231 Å². The quantitative estimate of drug-likeness (QED) is 0.486. The van der Waals surface area contributed by atoms with E-state index in [0.29, 0.717) is 25.8 Å². The largest absolute Gasteiger partial charge is 0.390 e. The molecule has 2 aromatic rings. The molecule has 206 valence electrons. The van der Waals surface area contributed by atoms with Gasteiger partial charge < -0.3 is 20.8 Å². The number of rotatable bonds is 10. The molecule has 0 fully saturated rings. The van der Waals surface area contributed by atoms with E-state index in [1.165, 1.54) is 4.90 Å². The molecule has 0 saturated heterocycles. The molecule has 2 aliphatic heterocycles. The first-order valence-corrected chi connectivity index (χ1v) is 13.6. The minimum Gasteiger partial charge on any atom is -0.390 e. The Morgan fingerprint density at radius 1 is 1.10 bits per heavy atom. The Balaban J connectivity index is 1.60. The third-order valence-corrected chi connectivity index (χ3v) is 7.23. The number of nitrogens with zero attached hydrogens (tertiary/aromatic N) is 3. The van der Waals surface area contributed by atoms with Crippen molar-refractivity contribution in [1.82, 2.24) is 15.1 Å². The van der Waals surface area contributed by atoms with E-state index < -0.39 is 30.1 Å². The lowest BCUT2D eigenvalue weighted by molar-refractivity contribution is -0.135. The predicted molar refractivity (Wildman–Crippen MR) is 154 cm³/mol. The predicted octanol–water partition coefficient (Wildman–Crippen LogP) is 3.89. The van der Waals surface area contributed by atoms with E-state index in [4.69, 9.17) is 10.6 Å². The summed E-state index contributed by atoms with van der Waals surface area (Å²) in [5, 5.41) is 7.35. The summed E-state index contributed by atoms with van der Waals surface area (Å²) in [6.07, 6.45) is 7.07. The van der Waals surface area contributed by atoms with Crippen molar-refractivity contribution in [3.05, 3.63) is 95.7 Å². The van der Waals surface area contributed by atoms with Crippen LogP contribution in [-0.2, 0) is 22.5 Å². The van der Waals surface area contributed by atoms with Crippen molar-refractivity contribution >= 4 is 17.6 Å². The van der Waals surface area contributed by atoms with Crippen LogP contribution in [0.25, 0.3) is 0 Å². The van der Waals surface area contributed by atoms with Gasteiger partial charge in [0.05, 0.1) is 24.3 Å². The van der Waals surface area contributed by atoms with Gasteiger partial charge in [-0.2, -0.15) is 0 Å². The molecule has 8 nitrogen and oxygen atoms in total. The monoisotopic (exact) mass is 529 g/mol. The van der Waals surface area contributed by atoms with Crippen LogP contribution in [-0.4, -0.2) is 65.8 Å². The highest BCUT2D eigenvalue weighted by Crippen LogP contribution is 2.25. The first kappa shape index (κ1) is 28.1. The average Bonchev–Trinajstić information content (AvgIpc) is 3.41. The second-order valence-corrected chi connectivity index (χ2v) is 10.5. The number of imide groups is 1. The molecule has 4 rings (SSSR count). The van der Waals surface area contributed by atoms with Gasteiger partial charge in [-0.3, -0.25) is 9.69 Å². The zero-order valence-electron chi connectivity index (χ0n) is 23.0. The second kappa shape index (κ2) is 13.2. The molecule has 39 heavy (non-hydrogen) atoms. The molecule has 2 aliphatic rings. The number of hydrogen-bond donors (Lipinski definition) is 2. The van der Waals surface area contributed by atoms with Crippen LogP contribution in [0.3, 0.4) is 0 Å². The first-order chi connectivity index (χ1) is 18.8. The van der Waals surface area contributed by atoms with Crippen molar-refractivity contribution in [1.29, 1.82) is 0 Å². The van der Waals surface area contributed by atoms with E-state index in [9.17, 15) is 9.59 Å². The van der Waals surface area contributed by atoms with Crippen LogP contribution in [0.4, 0.5) is 4.79 Å². The Kier molecular flexibility index (Phi) is 9.54. The van der Waals surface area contributed by atoms with Crippen molar-refractivity contribution in [3.63, 3.8) is 0 Å². The van der Waals surface area contributed by atoms with E-state index in [-0.39, 0.29) is 5.92 Å². The third-order valence-electron chi connectivity index (χ3n) is 7.23. The van der Waals surface area contributed by atoms with Crippen molar-refractivity contribution in [2.75, 3.05) is 20.1 Å². The zero-order valence-corrected chi connectivity index (χ0v) is 23.0. The van der Waals surface area contributed by atoms with Gasteiger partial charge in [0.2, 0.25) is 5.91 Å². The molecule has 3 atom stereocenters. The Hall–Kier alpha value is -3.91. The van der Waals surface area contributed by atoms with Gasteiger partial charge in [-0.1, -0.05) is 91.8 Å². The molecule has 8 heteroatoms. The number of amides is 3. The summed E-state index contributed by atoms with van der Waals surface area (Å²) in [6, 6.07) is 18.0. The SMILES string of the molecule is CC(C)[C@H](N)C(=O)N(C(=O)NCC1=CC=CCN1C)C(Cc1ccccc1)C1CC(Cc2ccccc2)=NO1. The summed E-state index contributed by atoms with van der Waals surface area (Å²) in [6.45, 7) is 4.81. The fourth-order valence-electron chi connectivity index (χ4n) is 4.78. The molecule has 2 heterocycles. The molecule has 0 saturated carbocycles. The van der Waals surface area contributed by atoms with Crippen LogP contribution in [0.15, 0.2) is 89.7 Å². The van der Waals surface area contributed by atoms with E-state index in [1.807, 2.05) is 99.8 Å². The Bertz CT molecular complexity index is 1210. The highest BCUT2D eigenvalue weighted by molar-refractivity contribution is 5.98. The summed E-state index contributed by atoms with van der Waals surface area (Å²) < 4.78 is 0. The second-order valence-electron chi connectivity index (χ2n) is 10.5. The molecule has 0 spiro atoms. The van der Waals surface area contributed by atoms with Crippen LogP contribution in [0.1, 0.15) is 31.4 Å². The van der Waals surface area contributed by atoms with Crippen LogP contribution >= 0.6 is 0 Å². The summed E-state index contributed by atoms with van der Waals surface area (Å²) in [7, 11) is 1.97. The van der Waals surface area contributed by atoms with Crippen molar-refractivity contribution in [2.24, 2.45) is 16.8 Å². The van der Waals surface area contributed by atoms with E-state index in [1.54, 1.807) is 0 Å². The van der Waals surface area contributed by atoms with Gasteiger partial charge >= 0.3 is 6.03 Å². The number of benzene rings is 2. The maximum atomic E-state index is 13.8. The molecule has 3 amide bonds. The summed E-state index contributed by atoms with van der Waals surface area (Å²) in [5.74, 6) is -0.564. The van der Waals surface area contributed by atoms with Gasteiger partial charge in [-0.25, -0.2) is 4.79 Å². The van der Waals surface area contributed by atoms with Crippen LogP contribution in [0.5, 0.6) is 0 Å². The van der Waals surface area contributed by atoms with Gasteiger partial charge in [0.25, 0.3) is 0 Å². The fourth-order valence-corrected chi connectivity index (χ4v) is 4.78. The molecule has 0 aliphatic carbocycles. The smallest absolute Gasteiger partial charge is 0.324 e. The lowest BCUT2D eigenvalue weighted by Crippen LogP contribution is -2.60. The molecule has 3 N–H and O–H groups in total. The van der Waals surface area contributed by atoms with Gasteiger partial charge in [0.15, 0.2) is 6.10 Å². The third kappa shape index (κ3) is 7.35. The normalized spacial score (nSPS) is 18.2. The molecule has 0 bridgehead atoms. The van der Waals surface area contributed by atoms with Crippen molar-refractivity contribution in [3.8, 4) is 0 Å². The summed E-state index contributed by atoms with van der Waals surface area (Å²) in [5.41, 5.74) is 10.3. The molecule has 0 aromatic heterocycles. The Morgan fingerprint density at radius 2 is 1.77 bits per heavy atom. The fraction of sp³-hybridized carbons (Fsp3) is 0.387. The molecule has 2 unspecified atom stereocenters. The van der Waals surface area contributed by atoms with E-state index in [2.05, 4.69) is 15.4 Å². The maximum Gasteiger partial charge on any atom is 0.324 e. The number of urea groups is 1. The van der Waals surface area contributed by atoms with E-state index >= 15 is 0 Å². The summed E-state index contributed by atoms with van der Waals surface area (Å²) >= 11 is 0. The van der Waals surface area contributed by atoms with Crippen LogP contribution < -0.4 is 11.1 Å². The topological polar surface area (TPSA) is 100 Å². The van der Waals surface area contributed by atoms with Crippen LogP contribution in [0, 0.1) is 5.92 Å². The van der Waals surface area contributed by atoms with Crippen LogP contribution in [0.2, 0.25) is 0 Å². The summed E-state index contributed by atoms with van der Waals surface area (Å²) in [4.78, 5) is 36.9. The van der Waals surface area contributed by atoms with Gasteiger partial charge in [-0.15, -0.1) is 0 Å². The van der Waals surface area contributed by atoms with Gasteiger partial charge in [0, 0.05) is 32.1 Å². The van der Waals surface area contributed by atoms with E-state index in [0.717, 1.165) is 29.1 Å². The number of hydrogen-bond acceptors (Lipinski definition) is 6. The molecular weight excluding hydrogens is 490 g/mol. The standard InChI is InChI=1S/C31H39N5O3/c1-22(2)29(32)30(37)36(31(38)33-21-26-16-10-11-17-35(26)3)27(19-24-14-8-5-9-15-24)28-20-25(34-39-28)18-23-12-6-4-7-13-23/h4-16,22,27-29H,17-21,32H2,1-3H3,(H,33,38)/t27?,28?,29-/m0/s1. The number of oxime groups is 1. The van der Waals surface area contributed by atoms with Gasteiger partial charge in [0.1, 0.15) is 0 Å². The lowest BCUT2D eigenvalue weighted by Gasteiger charge is -2.35. The average molecular weight is 530 g/mol. The first-order valence-electron chi connectivity index (χ1n) is 13.6. The minimum atomic E-state index is -0.834. The lowest BCUT2D eigenvalue weighted by atomic mass is 9.93. The molecule has 0 radical (unpaired) electrons. The van der Waals surface area contributed by atoms with Crippen molar-refractivity contribution in [2.45, 2.75) is 51.3 Å². The highest BCUT2D eigenvalue weighted by Gasteiger charge is 2.41. The number of likely N-dealkylation sites (N-methyl/N-ethyl adjacent to an activating group) is 1. The minimum absolute atomic E-state index is 0.142. The number of allylic oxidation sites excluding steroid dienone is 2. The number of carbonyl (C=O) groups excluding carboxylic acids is 2. The number of nitrogens with one attached hydrogen (secondary N) is 1. The van der Waals surface area contributed by atoms with Crippen molar-refractivity contribution < 1.29 is 14.4 Å². The maximum absolute atomic E-state index is 13.8. The number of nitrogens with two attached hydrogens (primary N) is 1. The highest BCUT2D eigenvalue weighted by atomic mass is 16.6. The molecular formula is C31H39N5O3. The molecule has 2 aromatic carbocycles.